The minimum atomic E-state index is -2.95. The molecule has 0 aromatic rings. The van der Waals surface area contributed by atoms with Gasteiger partial charge in [0.15, 0.2) is 0 Å². The maximum Gasteiger partial charge on any atom is 1.00 e. The van der Waals surface area contributed by atoms with Crippen LogP contribution in [0, 0.1) is 0 Å². The van der Waals surface area contributed by atoms with Crippen molar-refractivity contribution in [2.75, 3.05) is 0 Å². The van der Waals surface area contributed by atoms with Gasteiger partial charge in [0.2, 0.25) is 0 Å². The van der Waals surface area contributed by atoms with E-state index in [0.29, 0.717) is 0 Å². The summed E-state index contributed by atoms with van der Waals surface area (Å²) in [4.78, 5) is 0. The summed E-state index contributed by atoms with van der Waals surface area (Å²) in [5.41, 5.74) is 0. The van der Waals surface area contributed by atoms with Gasteiger partial charge in [-0.3, -0.25) is 8.42 Å². The van der Waals surface area contributed by atoms with Gasteiger partial charge in [0.1, 0.15) is 0 Å². The first-order chi connectivity index (χ1) is 2.64. The van der Waals surface area contributed by atoms with Crippen molar-refractivity contribution in [3.8, 4) is 0 Å². The topological polar surface area (TPSA) is 238 Å². The van der Waals surface area contributed by atoms with Crippen LogP contribution in [0.5, 0.6) is 0 Å². The molecule has 0 saturated heterocycles. The summed E-state index contributed by atoms with van der Waals surface area (Å²) in [6, 6.07) is 0. The molecule has 0 aliphatic carbocycles. The van der Waals surface area contributed by atoms with E-state index in [1.807, 2.05) is 0 Å². The molecular weight excluding hydrogens is 254 g/mol. The first kappa shape index (κ1) is 59.9. The van der Waals surface area contributed by atoms with E-state index in [1.165, 1.54) is 0 Å². The first-order valence-electron chi connectivity index (χ1n) is 0.833. The summed E-state index contributed by atoms with van der Waals surface area (Å²) in [5.74, 6) is 0. The number of hydrogen-bond donors (Lipinski definition) is 0. The Labute approximate surface area is 123 Å². The second kappa shape index (κ2) is 37.0. The number of rotatable bonds is 1. The first-order valence-corrected chi connectivity index (χ1v) is 3.50. The molecule has 0 heterocycles. The Morgan fingerprint density at radius 1 is 0.615 bits per heavy atom. The molecule has 0 aromatic heterocycles. The van der Waals surface area contributed by atoms with Gasteiger partial charge in [0.25, 0.3) is 0 Å². The average molecular weight is 264 g/mol. The Balaban J connectivity index is -0.00000000595. The average Bonchev–Trinajstić information content (AvgIpc) is 1.36. The van der Waals surface area contributed by atoms with Gasteiger partial charge >= 0.3 is 59.1 Å². The van der Waals surface area contributed by atoms with Crippen LogP contribution in [0.15, 0.2) is 0 Å². The van der Waals surface area contributed by atoms with Gasteiger partial charge in [-0.15, -0.1) is 0 Å². The summed E-state index contributed by atoms with van der Waals surface area (Å²) in [6.07, 6.45) is 0. The van der Waals surface area contributed by atoms with Crippen LogP contribution in [0.25, 0.3) is 0 Å². The fraction of sp³-hybridized carbons (Fsp3) is 0. The van der Waals surface area contributed by atoms with Gasteiger partial charge in [-0.05, 0) is 0 Å². The van der Waals surface area contributed by atoms with Crippen LogP contribution >= 0.6 is 0 Å². The van der Waals surface area contributed by atoms with E-state index in [2.05, 4.69) is 0 Å². The molecule has 13 heteroatoms. The van der Waals surface area contributed by atoms with E-state index in [9.17, 15) is 0 Å². The Bertz CT molecular complexity index is 81.6. The minimum absolute atomic E-state index is 0. The molecule has 0 rings (SSSR count). The fourth-order valence-electron chi connectivity index (χ4n) is 0. The van der Waals surface area contributed by atoms with Crippen LogP contribution in [0.4, 0.5) is 0 Å². The molecule has 10 N–H and O–H groups in total. The quantitative estimate of drug-likeness (QED) is 0.254. The molecule has 0 aliphatic rings. The molecule has 0 radical (unpaired) electrons. The van der Waals surface area contributed by atoms with Crippen LogP contribution < -0.4 is 59.1 Å². The van der Waals surface area contributed by atoms with Crippen molar-refractivity contribution in [1.82, 2.24) is 0 Å². The van der Waals surface area contributed by atoms with Gasteiger partial charge < -0.3 is 36.5 Å². The third-order valence-electron chi connectivity index (χ3n) is 0.111. The van der Waals surface area contributed by atoms with Gasteiger partial charge in [0.05, 0.1) is 0 Å². The molecule has 0 amide bonds. The van der Waals surface area contributed by atoms with Crippen molar-refractivity contribution >= 4 is 20.2 Å². The summed E-state index contributed by atoms with van der Waals surface area (Å²) in [7, 11) is -5.90. The zero-order chi connectivity index (χ0) is 5.15. The van der Waals surface area contributed by atoms with E-state index in [1.54, 1.807) is 0 Å². The van der Waals surface area contributed by atoms with Crippen molar-refractivity contribution in [2.45, 2.75) is 0 Å². The predicted molar refractivity (Wildman–Crippen MR) is 35.9 cm³/mol. The second-order valence-corrected chi connectivity index (χ2v) is 2.86. The Hall–Kier alpha value is 2.02. The van der Waals surface area contributed by atoms with Gasteiger partial charge in [0, 0.05) is 20.2 Å². The third-order valence-corrected chi connectivity index (χ3v) is 1.00. The maximum absolute atomic E-state index is 9.09. The molecule has 2 atom stereocenters. The number of hydrogen-bond acceptors (Lipinski definition) is 4. The van der Waals surface area contributed by atoms with E-state index < -0.39 is 20.2 Å². The molecule has 0 saturated carbocycles. The van der Waals surface area contributed by atoms with Crippen LogP contribution in [0.1, 0.15) is 0 Å². The minimum Gasteiger partial charge on any atom is -0.763 e. The van der Waals surface area contributed by atoms with Crippen molar-refractivity contribution in [1.29, 1.82) is 0 Å². The van der Waals surface area contributed by atoms with Gasteiger partial charge in [-0.1, -0.05) is 0 Å². The summed E-state index contributed by atoms with van der Waals surface area (Å²) in [6.45, 7) is 0. The second-order valence-electron chi connectivity index (χ2n) is 0.408. The van der Waals surface area contributed by atoms with Crippen molar-refractivity contribution in [2.24, 2.45) is 0 Å². The Morgan fingerprint density at radius 2 is 0.692 bits per heavy atom. The van der Waals surface area contributed by atoms with Crippen molar-refractivity contribution in [3.05, 3.63) is 0 Å². The zero-order valence-corrected chi connectivity index (χ0v) is 12.6. The summed E-state index contributed by atoms with van der Waals surface area (Å²) < 4.78 is 36.3. The van der Waals surface area contributed by atoms with Crippen LogP contribution in [0.3, 0.4) is 0 Å². The zero-order valence-electron chi connectivity index (χ0n) is 6.95. The molecule has 0 fully saturated rings. The summed E-state index contributed by atoms with van der Waals surface area (Å²) >= 11 is 0. The Kier molecular flexibility index (Phi) is 170. The molecular formula is H10Na2O9S2. The van der Waals surface area contributed by atoms with Crippen LogP contribution in [-0.2, 0) is 20.2 Å². The SMILES string of the molecule is O.O.O.O.O.O=S([O-])S(=O)[O-].[Na+].[Na+]. The standard InChI is InChI=1S/2Na.H2O4S2.5H2O/c;;1-5(2)6(3)4;;;;;/h;;(H,1,2)(H,3,4);5*1H2/q2*+1;;;;;;/p-2. The van der Waals surface area contributed by atoms with E-state index in [-0.39, 0.29) is 86.5 Å². The van der Waals surface area contributed by atoms with Crippen LogP contribution in [-0.4, -0.2) is 44.9 Å². The molecule has 78 valence electrons. The van der Waals surface area contributed by atoms with Crippen LogP contribution in [0.2, 0.25) is 0 Å². The van der Waals surface area contributed by atoms with Crippen molar-refractivity contribution in [3.63, 3.8) is 0 Å². The van der Waals surface area contributed by atoms with E-state index in [4.69, 9.17) is 17.5 Å². The largest absolute Gasteiger partial charge is 1.00 e. The Morgan fingerprint density at radius 3 is 0.692 bits per heavy atom. The molecule has 13 heavy (non-hydrogen) atoms. The fourth-order valence-corrected chi connectivity index (χ4v) is 0. The maximum atomic E-state index is 9.09. The predicted octanol–water partition coefficient (Wildman–Crippen LogP) is -11.5. The monoisotopic (exact) mass is 264 g/mol. The molecule has 0 aliphatic heterocycles. The molecule has 2 unspecified atom stereocenters. The molecule has 0 spiro atoms. The van der Waals surface area contributed by atoms with Gasteiger partial charge in [-0.2, -0.15) is 0 Å². The molecule has 0 aromatic carbocycles. The van der Waals surface area contributed by atoms with Crippen molar-refractivity contribution < 1.29 is 104 Å². The normalized spacial score (nSPS) is 9.08. The van der Waals surface area contributed by atoms with E-state index in [0.717, 1.165) is 0 Å². The molecule has 0 bridgehead atoms. The van der Waals surface area contributed by atoms with E-state index >= 15 is 0 Å². The third kappa shape index (κ3) is 55.9. The summed E-state index contributed by atoms with van der Waals surface area (Å²) in [5, 5.41) is 0. The van der Waals surface area contributed by atoms with Gasteiger partial charge in [-0.25, -0.2) is 0 Å². The molecule has 9 nitrogen and oxygen atoms in total. The smallest absolute Gasteiger partial charge is 0.763 e.